The van der Waals surface area contributed by atoms with Gasteiger partial charge in [-0.15, -0.1) is 0 Å². The van der Waals surface area contributed by atoms with Crippen molar-refractivity contribution >= 4 is 38.7 Å². The second-order valence-electron chi connectivity index (χ2n) is 28.8. The van der Waals surface area contributed by atoms with Crippen LogP contribution in [0.3, 0.4) is 0 Å². The zero-order valence-corrected chi connectivity index (χ0v) is 60.6. The van der Waals surface area contributed by atoms with Gasteiger partial charge in [-0.1, -0.05) is 121 Å². The summed E-state index contributed by atoms with van der Waals surface area (Å²) >= 11 is 0. The Hall–Kier alpha value is 0.630. The SMILES string of the molecule is CC(C)(C)CCCCCOP(C)(=O)OC(C)(C)C.CC(COP(=O)([O-])OC(C)(C)C)CC(C)(C)C.CCC(C)COP(=O)([O-])OC(C)(C)C.CCCCCCOP(C)(=O)OC(C)(C)C.CC[C@H]1CC[C@H](OP(=O)(O)OC(C)(C)C)C1.[HH].[HH]. The normalized spacial score (nSPS) is 20.2. The zero-order valence-electron chi connectivity index (χ0n) is 56.2. The van der Waals surface area contributed by atoms with E-state index in [1.54, 1.807) is 69.0 Å². The van der Waals surface area contributed by atoms with E-state index >= 15 is 0 Å². The van der Waals surface area contributed by atoms with Crippen LogP contribution in [0.1, 0.15) is 273 Å². The third kappa shape index (κ3) is 66.2. The van der Waals surface area contributed by atoms with Gasteiger partial charge in [0.2, 0.25) is 0 Å². The van der Waals surface area contributed by atoms with Gasteiger partial charge in [0.15, 0.2) is 0 Å². The standard InChI is InChI=1S/C14H31O3P.C12H27O4P.C11H23O4P.C11H25O3P.C9H21O4P.2H2/c1-13(2,3)11-9-8-10-12-16-18(7,15)17-14(4,5)6;1-10(8-11(2,3)4)9-15-17(13,14)16-12(5,6)7;1-5-9-6-7-10(8-9)14-16(12,13)15-11(2,3)4;1-6-7-8-9-10-13-15(5,12)14-11(2,3)4;1-6-8(2)7-12-14(10,11)13-9(3,4)5;;/h8-12H2,1-7H3;10H,8-9H2,1-7H3,(H,13,14);9-10H,5-8H2,1-4H3,(H,12,13);6-10H2,1-5H3;8H,6-7H2,1-5H3,(H,10,11);2*1H/p-2/t;;9-,10-;;;;/m..0..../s1. The molecule has 0 aromatic heterocycles. The van der Waals surface area contributed by atoms with Gasteiger partial charge in [-0.3, -0.25) is 27.3 Å². The largest absolute Gasteiger partial charge is 0.756 e. The summed E-state index contributed by atoms with van der Waals surface area (Å²) in [6.07, 6.45) is 14.5. The molecule has 0 aromatic carbocycles. The van der Waals surface area contributed by atoms with E-state index in [1.165, 1.54) is 32.3 Å². The predicted molar refractivity (Wildman–Crippen MR) is 332 cm³/mol. The van der Waals surface area contributed by atoms with Crippen LogP contribution < -0.4 is 9.79 Å². The molecule has 80 heavy (non-hydrogen) atoms. The van der Waals surface area contributed by atoms with Crippen LogP contribution in [-0.2, 0) is 68.1 Å². The second kappa shape index (κ2) is 38.8. The van der Waals surface area contributed by atoms with Gasteiger partial charge in [0.25, 0.3) is 15.6 Å². The smallest absolute Gasteiger partial charge is 0.472 e. The van der Waals surface area contributed by atoms with Crippen LogP contribution in [-0.4, -0.2) is 78.8 Å². The Kier molecular flexibility index (Phi) is 42.2. The minimum Gasteiger partial charge on any atom is -0.756 e. The van der Waals surface area contributed by atoms with Crippen LogP contribution in [0.4, 0.5) is 0 Å². The third-order valence-corrected chi connectivity index (χ3v) is 17.2. The van der Waals surface area contributed by atoms with E-state index in [-0.39, 0.29) is 39.4 Å². The van der Waals surface area contributed by atoms with Crippen LogP contribution in [0.25, 0.3) is 0 Å². The number of hydrogen-bond acceptors (Lipinski definition) is 17. The Morgan fingerprint density at radius 3 is 1.19 bits per heavy atom. The monoisotopic (exact) mass is 1260 g/mol. The number of phosphoric acid groups is 3. The van der Waals surface area contributed by atoms with Gasteiger partial charge in [-0.25, -0.2) is 4.57 Å². The summed E-state index contributed by atoms with van der Waals surface area (Å²) in [6, 6.07) is 0. The molecule has 7 unspecified atom stereocenters. The predicted octanol–water partition coefficient (Wildman–Crippen LogP) is 19.1. The van der Waals surface area contributed by atoms with Crippen molar-refractivity contribution in [2.75, 3.05) is 39.8 Å². The first-order chi connectivity index (χ1) is 35.4. The first-order valence-corrected chi connectivity index (χ1v) is 37.7. The Bertz CT molecular complexity index is 1860. The van der Waals surface area contributed by atoms with Crippen LogP contribution in [0.5, 0.6) is 0 Å². The second-order valence-corrected chi connectivity index (χ2v) is 36.8. The molecule has 1 N–H and O–H groups in total. The van der Waals surface area contributed by atoms with Crippen molar-refractivity contribution < 1.29 is 85.6 Å². The van der Waals surface area contributed by atoms with E-state index in [0.717, 1.165) is 64.2 Å². The van der Waals surface area contributed by atoms with E-state index in [9.17, 15) is 37.5 Å². The summed E-state index contributed by atoms with van der Waals surface area (Å²) in [5.74, 6) is 1.03. The molecule has 0 saturated heterocycles. The summed E-state index contributed by atoms with van der Waals surface area (Å²) < 4.78 is 109. The quantitative estimate of drug-likeness (QED) is 0.0565. The summed E-state index contributed by atoms with van der Waals surface area (Å²) in [5, 5.41) is 0. The van der Waals surface area contributed by atoms with Crippen molar-refractivity contribution in [1.82, 2.24) is 0 Å². The Labute approximate surface area is 494 Å². The molecule has 1 fully saturated rings. The number of unbranched alkanes of at least 4 members (excludes halogenated alkanes) is 5. The zero-order chi connectivity index (χ0) is 64.1. The van der Waals surface area contributed by atoms with Gasteiger partial charge in [0.05, 0.1) is 60.5 Å². The average Bonchev–Trinajstić information content (AvgIpc) is 3.62. The number of hydrogen-bond donors (Lipinski definition) is 1. The molecule has 23 heteroatoms. The lowest BCUT2D eigenvalue weighted by Gasteiger charge is -2.32. The highest BCUT2D eigenvalue weighted by Gasteiger charge is 2.35. The van der Waals surface area contributed by atoms with Gasteiger partial charge in [0.1, 0.15) is 0 Å². The fourth-order valence-electron chi connectivity index (χ4n) is 7.41. The molecule has 0 bridgehead atoms. The van der Waals surface area contributed by atoms with E-state index in [4.69, 9.17) is 45.2 Å². The molecule has 18 nitrogen and oxygen atoms in total. The lowest BCUT2D eigenvalue weighted by molar-refractivity contribution is -0.236. The first kappa shape index (κ1) is 87.1. The Morgan fingerprint density at radius 1 is 0.500 bits per heavy atom. The highest BCUT2D eigenvalue weighted by Crippen LogP contribution is 2.52. The lowest BCUT2D eigenvalue weighted by atomic mass is 9.86. The van der Waals surface area contributed by atoms with E-state index in [1.807, 2.05) is 62.3 Å². The van der Waals surface area contributed by atoms with Crippen LogP contribution in [0.2, 0.25) is 0 Å². The molecule has 0 radical (unpaired) electrons. The van der Waals surface area contributed by atoms with Crippen molar-refractivity contribution in [1.29, 1.82) is 0 Å². The highest BCUT2D eigenvalue weighted by atomic mass is 31.2. The fourth-order valence-corrected chi connectivity index (χ4v) is 14.0. The molecule has 0 aromatic rings. The molecule has 1 rings (SSSR count). The average molecular weight is 1260 g/mol. The fraction of sp³-hybridized carbons (Fsp3) is 1.00. The summed E-state index contributed by atoms with van der Waals surface area (Å²) in [7, 11) is -18.0. The number of rotatable bonds is 28. The lowest BCUT2D eigenvalue weighted by Crippen LogP contribution is -2.24. The Morgan fingerprint density at radius 2 is 0.875 bits per heavy atom. The van der Waals surface area contributed by atoms with Crippen molar-refractivity contribution in [3.8, 4) is 0 Å². The van der Waals surface area contributed by atoms with Gasteiger partial charge in [0, 0.05) is 16.2 Å². The maximum absolute atomic E-state index is 12.0. The van der Waals surface area contributed by atoms with Crippen LogP contribution in [0.15, 0.2) is 0 Å². The molecule has 0 aliphatic heterocycles. The molecule has 0 heterocycles. The van der Waals surface area contributed by atoms with Crippen molar-refractivity contribution in [3.63, 3.8) is 0 Å². The van der Waals surface area contributed by atoms with Gasteiger partial charge < -0.3 is 50.9 Å². The number of phosphoric ester groups is 3. The first-order valence-electron chi connectivity index (χ1n) is 29.3. The molecule has 0 spiro atoms. The maximum Gasteiger partial charge on any atom is 0.472 e. The molecule has 1 saturated carbocycles. The van der Waals surface area contributed by atoms with Crippen molar-refractivity contribution in [2.45, 2.75) is 304 Å². The van der Waals surface area contributed by atoms with Gasteiger partial charge in [-0.2, -0.15) is 0 Å². The molecular formula is C57H129O18P5-2. The van der Waals surface area contributed by atoms with E-state index in [0.29, 0.717) is 24.5 Å². The van der Waals surface area contributed by atoms with Gasteiger partial charge in [-0.05, 0) is 177 Å². The van der Waals surface area contributed by atoms with Crippen molar-refractivity contribution in [3.05, 3.63) is 0 Å². The molecule has 1 aliphatic rings. The molecule has 1 aliphatic carbocycles. The Balaban J connectivity index is -0.000000219. The summed E-state index contributed by atoms with van der Waals surface area (Å²) in [6.45, 7) is 54.3. The van der Waals surface area contributed by atoms with Crippen molar-refractivity contribution in [2.24, 2.45) is 28.6 Å². The topological polar surface area (TPSA) is 244 Å². The molecule has 9 atom stereocenters. The summed E-state index contributed by atoms with van der Waals surface area (Å²) in [4.78, 5) is 32.3. The summed E-state index contributed by atoms with van der Waals surface area (Å²) in [5.41, 5.74) is -2.40. The van der Waals surface area contributed by atoms with Gasteiger partial charge >= 0.3 is 23.0 Å². The molecule has 0 amide bonds. The minimum atomic E-state index is -4.18. The highest BCUT2D eigenvalue weighted by molar-refractivity contribution is 7.53. The molecular weight excluding hydrogens is 1130 g/mol. The maximum atomic E-state index is 12.0. The van der Waals surface area contributed by atoms with E-state index < -0.39 is 66.7 Å². The molecule has 492 valence electrons. The third-order valence-electron chi connectivity index (χ3n) is 10.3. The minimum absolute atomic E-state index is 0. The van der Waals surface area contributed by atoms with Crippen LogP contribution >= 0.6 is 38.7 Å². The van der Waals surface area contributed by atoms with Crippen LogP contribution in [0, 0.1) is 28.6 Å². The van der Waals surface area contributed by atoms with E-state index in [2.05, 4.69) is 55.4 Å².